The number of hydrogen-bond acceptors (Lipinski definition) is 5. The lowest BCUT2D eigenvalue weighted by molar-refractivity contribution is -0.136. The van der Waals surface area contributed by atoms with E-state index in [1.54, 1.807) is 12.3 Å². The van der Waals surface area contributed by atoms with Gasteiger partial charge in [0.1, 0.15) is 12.1 Å². The fraction of sp³-hybridized carbons (Fsp3) is 0.429. The summed E-state index contributed by atoms with van der Waals surface area (Å²) in [7, 11) is 0. The minimum absolute atomic E-state index is 0.0468. The lowest BCUT2D eigenvalue weighted by atomic mass is 9.73. The molecular formula is C21H22Cl2N4O3S. The van der Waals surface area contributed by atoms with E-state index in [0.29, 0.717) is 28.0 Å². The standard InChI is InChI=1S/C21H22Cl2N4O3S/c1-12-5-2-3-8-21(12)18(29)27(20(30)26-21)11-16(28)25-19-24-10-14(31-19)9-13-6-4-7-15(22)17(13)23/h4,6-7,10,12H,2-3,5,8-9,11H2,1H3,(H,26,30)(H,24,25,28). The van der Waals surface area contributed by atoms with Gasteiger partial charge in [0.15, 0.2) is 5.13 Å². The van der Waals surface area contributed by atoms with Crippen LogP contribution in [-0.2, 0) is 16.0 Å². The zero-order valence-corrected chi connectivity index (χ0v) is 19.2. The number of thiazole rings is 1. The molecular weight excluding hydrogens is 459 g/mol. The third-order valence-corrected chi connectivity index (χ3v) is 7.77. The van der Waals surface area contributed by atoms with Gasteiger partial charge in [0.25, 0.3) is 5.91 Å². The topological polar surface area (TPSA) is 91.4 Å². The van der Waals surface area contributed by atoms with E-state index in [1.807, 2.05) is 19.1 Å². The molecule has 1 aromatic heterocycles. The van der Waals surface area contributed by atoms with Gasteiger partial charge in [-0.1, -0.05) is 55.1 Å². The molecule has 2 fully saturated rings. The van der Waals surface area contributed by atoms with Crippen molar-refractivity contribution in [2.24, 2.45) is 5.92 Å². The average molecular weight is 481 g/mol. The fourth-order valence-electron chi connectivity index (χ4n) is 4.26. The minimum Gasteiger partial charge on any atom is -0.323 e. The van der Waals surface area contributed by atoms with E-state index in [-0.39, 0.29) is 18.4 Å². The second-order valence-electron chi connectivity index (χ2n) is 8.01. The summed E-state index contributed by atoms with van der Waals surface area (Å²) in [5, 5.41) is 6.90. The lowest BCUT2D eigenvalue weighted by Crippen LogP contribution is -2.54. The number of nitrogens with zero attached hydrogens (tertiary/aromatic N) is 2. The van der Waals surface area contributed by atoms with Crippen molar-refractivity contribution in [1.29, 1.82) is 0 Å². The van der Waals surface area contributed by atoms with Crippen molar-refractivity contribution in [2.45, 2.75) is 44.6 Å². The number of aromatic nitrogens is 1. The van der Waals surface area contributed by atoms with Gasteiger partial charge in [-0.3, -0.25) is 14.5 Å². The molecule has 2 atom stereocenters. The summed E-state index contributed by atoms with van der Waals surface area (Å²) in [6.07, 6.45) is 5.60. The van der Waals surface area contributed by atoms with E-state index in [9.17, 15) is 14.4 Å². The molecule has 4 amide bonds. The Bertz CT molecular complexity index is 1040. The van der Waals surface area contributed by atoms with E-state index in [0.717, 1.165) is 34.6 Å². The first-order valence-corrected chi connectivity index (χ1v) is 11.7. The van der Waals surface area contributed by atoms with Crippen LogP contribution in [0, 0.1) is 5.92 Å². The molecule has 4 rings (SSSR count). The molecule has 7 nitrogen and oxygen atoms in total. The minimum atomic E-state index is -0.875. The van der Waals surface area contributed by atoms with E-state index >= 15 is 0 Å². The summed E-state index contributed by atoms with van der Waals surface area (Å²) in [6.45, 7) is 1.64. The van der Waals surface area contributed by atoms with Crippen LogP contribution in [0.15, 0.2) is 24.4 Å². The first-order valence-electron chi connectivity index (χ1n) is 10.1. The molecule has 2 unspecified atom stereocenters. The summed E-state index contributed by atoms with van der Waals surface area (Å²) >= 11 is 13.6. The number of amides is 4. The molecule has 1 aliphatic heterocycles. The van der Waals surface area contributed by atoms with Crippen molar-refractivity contribution in [3.8, 4) is 0 Å². The van der Waals surface area contributed by atoms with Crippen molar-refractivity contribution in [3.05, 3.63) is 44.9 Å². The molecule has 2 N–H and O–H groups in total. The first kappa shape index (κ1) is 22.0. The Morgan fingerprint density at radius 2 is 2.16 bits per heavy atom. The molecule has 2 heterocycles. The van der Waals surface area contributed by atoms with Gasteiger partial charge < -0.3 is 10.6 Å². The van der Waals surface area contributed by atoms with Crippen LogP contribution in [0.1, 0.15) is 43.0 Å². The van der Waals surface area contributed by atoms with Crippen LogP contribution >= 0.6 is 34.5 Å². The van der Waals surface area contributed by atoms with Crippen LogP contribution in [0.2, 0.25) is 10.0 Å². The third-order valence-electron chi connectivity index (χ3n) is 6.00. The molecule has 1 spiro atoms. The summed E-state index contributed by atoms with van der Waals surface area (Å²) in [4.78, 5) is 44.1. The summed E-state index contributed by atoms with van der Waals surface area (Å²) < 4.78 is 0. The monoisotopic (exact) mass is 480 g/mol. The van der Waals surface area contributed by atoms with Crippen LogP contribution in [-0.4, -0.2) is 39.8 Å². The van der Waals surface area contributed by atoms with Gasteiger partial charge in [0.05, 0.1) is 10.0 Å². The quantitative estimate of drug-likeness (QED) is 0.617. The zero-order valence-electron chi connectivity index (χ0n) is 16.9. The van der Waals surface area contributed by atoms with E-state index < -0.39 is 17.5 Å². The highest BCUT2D eigenvalue weighted by Gasteiger charge is 2.55. The SMILES string of the molecule is CC1CCCCC12NC(=O)N(CC(=O)Nc1ncc(Cc3cccc(Cl)c3Cl)s1)C2=O. The molecule has 1 saturated heterocycles. The van der Waals surface area contributed by atoms with Gasteiger partial charge in [0.2, 0.25) is 5.91 Å². The second kappa shape index (κ2) is 8.76. The third kappa shape index (κ3) is 4.29. The number of nitrogens with one attached hydrogen (secondary N) is 2. The van der Waals surface area contributed by atoms with Crippen molar-refractivity contribution < 1.29 is 14.4 Å². The van der Waals surface area contributed by atoms with Crippen LogP contribution in [0.5, 0.6) is 0 Å². The van der Waals surface area contributed by atoms with Gasteiger partial charge in [0, 0.05) is 17.5 Å². The van der Waals surface area contributed by atoms with Crippen molar-refractivity contribution in [1.82, 2.24) is 15.2 Å². The maximum Gasteiger partial charge on any atom is 0.325 e. The Morgan fingerprint density at radius 1 is 1.35 bits per heavy atom. The van der Waals surface area contributed by atoms with Gasteiger partial charge in [-0.2, -0.15) is 0 Å². The predicted molar refractivity (Wildman–Crippen MR) is 121 cm³/mol. The number of urea groups is 1. The Labute approximate surface area is 194 Å². The van der Waals surface area contributed by atoms with Crippen molar-refractivity contribution >= 4 is 57.5 Å². The van der Waals surface area contributed by atoms with E-state index in [4.69, 9.17) is 23.2 Å². The number of imide groups is 1. The molecule has 1 aromatic carbocycles. The molecule has 1 aliphatic carbocycles. The number of benzene rings is 1. The van der Waals surface area contributed by atoms with Crippen LogP contribution in [0.4, 0.5) is 9.93 Å². The first-order chi connectivity index (χ1) is 14.8. The Kier molecular flexibility index (Phi) is 6.23. The van der Waals surface area contributed by atoms with Crippen molar-refractivity contribution in [3.63, 3.8) is 0 Å². The Morgan fingerprint density at radius 3 is 2.94 bits per heavy atom. The molecule has 2 aromatic rings. The van der Waals surface area contributed by atoms with Crippen LogP contribution < -0.4 is 10.6 Å². The number of anilines is 1. The maximum absolute atomic E-state index is 13.0. The number of carbonyl (C=O) groups is 3. The van der Waals surface area contributed by atoms with Crippen LogP contribution in [0.25, 0.3) is 0 Å². The summed E-state index contributed by atoms with van der Waals surface area (Å²) in [6, 6.07) is 4.92. The van der Waals surface area contributed by atoms with Crippen LogP contribution in [0.3, 0.4) is 0 Å². The molecule has 0 bridgehead atoms. The molecule has 10 heteroatoms. The van der Waals surface area contributed by atoms with Gasteiger partial charge in [-0.25, -0.2) is 9.78 Å². The smallest absolute Gasteiger partial charge is 0.323 e. The normalized spacial score (nSPS) is 23.3. The number of rotatable bonds is 5. The van der Waals surface area contributed by atoms with Crippen molar-refractivity contribution in [2.75, 3.05) is 11.9 Å². The molecule has 31 heavy (non-hydrogen) atoms. The number of hydrogen-bond donors (Lipinski definition) is 2. The number of halogens is 2. The maximum atomic E-state index is 13.0. The zero-order chi connectivity index (χ0) is 22.2. The molecule has 1 saturated carbocycles. The Balaban J connectivity index is 1.39. The second-order valence-corrected chi connectivity index (χ2v) is 9.91. The molecule has 0 radical (unpaired) electrons. The summed E-state index contributed by atoms with van der Waals surface area (Å²) in [5.41, 5.74) is -0.0119. The molecule has 164 valence electrons. The lowest BCUT2D eigenvalue weighted by Gasteiger charge is -2.36. The van der Waals surface area contributed by atoms with E-state index in [1.165, 1.54) is 11.3 Å². The Hall–Kier alpha value is -2.16. The highest BCUT2D eigenvalue weighted by Crippen LogP contribution is 2.38. The average Bonchev–Trinajstić information content (AvgIpc) is 3.26. The highest BCUT2D eigenvalue weighted by atomic mass is 35.5. The molecule has 2 aliphatic rings. The number of carbonyl (C=O) groups excluding carboxylic acids is 3. The van der Waals surface area contributed by atoms with Gasteiger partial charge in [-0.15, -0.1) is 11.3 Å². The van der Waals surface area contributed by atoms with E-state index in [2.05, 4.69) is 15.6 Å². The predicted octanol–water partition coefficient (Wildman–Crippen LogP) is 4.48. The summed E-state index contributed by atoms with van der Waals surface area (Å²) in [5.74, 6) is -0.730. The highest BCUT2D eigenvalue weighted by molar-refractivity contribution is 7.15. The van der Waals surface area contributed by atoms with Gasteiger partial charge in [-0.05, 0) is 30.4 Å². The largest absolute Gasteiger partial charge is 0.325 e. The van der Waals surface area contributed by atoms with Gasteiger partial charge >= 0.3 is 6.03 Å². The fourth-order valence-corrected chi connectivity index (χ4v) is 5.50.